The van der Waals surface area contributed by atoms with Gasteiger partial charge in [0.25, 0.3) is 5.91 Å². The van der Waals surface area contributed by atoms with E-state index in [1.54, 1.807) is 16.9 Å². The molecule has 1 aromatic heterocycles. The molecule has 2 heterocycles. The molecule has 0 saturated heterocycles. The van der Waals surface area contributed by atoms with E-state index in [1.807, 2.05) is 44.2 Å². The molecule has 6 heteroatoms. The van der Waals surface area contributed by atoms with Gasteiger partial charge in [0.2, 0.25) is 0 Å². The highest BCUT2D eigenvalue weighted by atomic mass is 16.2. The van der Waals surface area contributed by atoms with E-state index >= 15 is 0 Å². The van der Waals surface area contributed by atoms with E-state index in [2.05, 4.69) is 20.6 Å². The number of carbonyl (C=O) groups is 1. The van der Waals surface area contributed by atoms with E-state index < -0.39 is 0 Å². The third-order valence-corrected chi connectivity index (χ3v) is 3.80. The van der Waals surface area contributed by atoms with Crippen LogP contribution in [-0.2, 0) is 0 Å². The first kappa shape index (κ1) is 16.1. The average molecular weight is 323 g/mol. The fourth-order valence-electron chi connectivity index (χ4n) is 2.44. The summed E-state index contributed by atoms with van der Waals surface area (Å²) in [6.07, 6.45) is 4.80. The predicted molar refractivity (Wildman–Crippen MR) is 94.6 cm³/mol. The Morgan fingerprint density at radius 3 is 2.58 bits per heavy atom. The van der Waals surface area contributed by atoms with Crippen LogP contribution in [0.4, 0.5) is 0 Å². The van der Waals surface area contributed by atoms with Crippen molar-refractivity contribution in [3.63, 3.8) is 0 Å². The first-order chi connectivity index (χ1) is 11.8. The minimum Gasteiger partial charge on any atom is -0.307 e. The maximum Gasteiger partial charge on any atom is 0.277 e. The van der Waals surface area contributed by atoms with Gasteiger partial charge in [-0.15, -0.1) is 5.10 Å². The molecule has 0 spiro atoms. The standard InChI is InChI=1S/C16H15N5O.C2H6/c22-16(17-15-10-14(18-19-15)11-6-7-11)13-8-9-21(20-13)12-4-2-1-3-5-12;1-2/h1-5,8-9,11H,6-7,10H2,(H,17,19,22);1-2H3. The first-order valence-corrected chi connectivity index (χ1v) is 8.35. The third-order valence-electron chi connectivity index (χ3n) is 3.80. The van der Waals surface area contributed by atoms with E-state index in [-0.39, 0.29) is 5.91 Å². The second kappa shape index (κ2) is 7.21. The molecule has 1 aliphatic heterocycles. The lowest BCUT2D eigenvalue weighted by atomic mass is 10.2. The van der Waals surface area contributed by atoms with Crippen molar-refractivity contribution in [2.24, 2.45) is 16.1 Å². The molecule has 1 aliphatic carbocycles. The maximum atomic E-state index is 12.2. The van der Waals surface area contributed by atoms with Gasteiger partial charge < -0.3 is 5.32 Å². The summed E-state index contributed by atoms with van der Waals surface area (Å²) in [5, 5.41) is 15.3. The molecular formula is C18H21N5O. The van der Waals surface area contributed by atoms with Gasteiger partial charge in [-0.05, 0) is 37.0 Å². The summed E-state index contributed by atoms with van der Waals surface area (Å²) in [6.45, 7) is 4.00. The second-order valence-electron chi connectivity index (χ2n) is 5.52. The lowest BCUT2D eigenvalue weighted by Gasteiger charge is -2.02. The van der Waals surface area contributed by atoms with Gasteiger partial charge in [0, 0.05) is 12.6 Å². The maximum absolute atomic E-state index is 12.2. The van der Waals surface area contributed by atoms with Gasteiger partial charge in [-0.25, -0.2) is 4.68 Å². The van der Waals surface area contributed by atoms with Gasteiger partial charge in [0.1, 0.15) is 5.84 Å². The van der Waals surface area contributed by atoms with Crippen molar-refractivity contribution >= 4 is 17.5 Å². The Balaban J connectivity index is 0.000000815. The molecule has 0 radical (unpaired) electrons. The predicted octanol–water partition coefficient (Wildman–Crippen LogP) is 3.20. The van der Waals surface area contributed by atoms with Crippen LogP contribution < -0.4 is 5.32 Å². The number of nitrogens with zero attached hydrogens (tertiary/aromatic N) is 4. The summed E-state index contributed by atoms with van der Waals surface area (Å²) in [5.41, 5.74) is 2.37. The number of hydrogen-bond acceptors (Lipinski definition) is 4. The smallest absolute Gasteiger partial charge is 0.277 e. The summed E-state index contributed by atoms with van der Waals surface area (Å²) >= 11 is 0. The Morgan fingerprint density at radius 1 is 1.12 bits per heavy atom. The van der Waals surface area contributed by atoms with Crippen molar-refractivity contribution in [1.29, 1.82) is 0 Å². The second-order valence-corrected chi connectivity index (χ2v) is 5.52. The summed E-state index contributed by atoms with van der Waals surface area (Å²) in [6, 6.07) is 11.4. The number of amidine groups is 1. The minimum atomic E-state index is -0.249. The van der Waals surface area contributed by atoms with E-state index in [0.29, 0.717) is 23.9 Å². The number of rotatable bonds is 3. The van der Waals surface area contributed by atoms with Crippen LogP contribution in [0.15, 0.2) is 52.8 Å². The van der Waals surface area contributed by atoms with Crippen LogP contribution in [0.25, 0.3) is 5.69 Å². The highest BCUT2D eigenvalue weighted by molar-refractivity contribution is 6.14. The molecule has 0 bridgehead atoms. The van der Waals surface area contributed by atoms with Crippen LogP contribution in [0, 0.1) is 5.92 Å². The zero-order valence-electron chi connectivity index (χ0n) is 13.9. The highest BCUT2D eigenvalue weighted by Gasteiger charge is 2.31. The largest absolute Gasteiger partial charge is 0.307 e. The van der Waals surface area contributed by atoms with Crippen LogP contribution >= 0.6 is 0 Å². The normalized spacial score (nSPS) is 15.9. The fourth-order valence-corrected chi connectivity index (χ4v) is 2.44. The van der Waals surface area contributed by atoms with Crippen molar-refractivity contribution in [2.75, 3.05) is 0 Å². The van der Waals surface area contributed by atoms with Gasteiger partial charge in [-0.3, -0.25) is 4.79 Å². The topological polar surface area (TPSA) is 71.6 Å². The molecule has 0 unspecified atom stereocenters. The molecular weight excluding hydrogens is 302 g/mol. The summed E-state index contributed by atoms with van der Waals surface area (Å²) < 4.78 is 1.68. The van der Waals surface area contributed by atoms with E-state index in [0.717, 1.165) is 11.4 Å². The van der Waals surface area contributed by atoms with E-state index in [1.165, 1.54) is 12.8 Å². The number of nitrogens with one attached hydrogen (secondary N) is 1. The van der Waals surface area contributed by atoms with Crippen molar-refractivity contribution in [1.82, 2.24) is 15.1 Å². The summed E-state index contributed by atoms with van der Waals surface area (Å²) in [7, 11) is 0. The Bertz CT molecular complexity index is 772. The molecule has 1 aromatic carbocycles. The van der Waals surface area contributed by atoms with Crippen LogP contribution in [-0.4, -0.2) is 27.2 Å². The third kappa shape index (κ3) is 3.59. The Labute approximate surface area is 141 Å². The summed E-state index contributed by atoms with van der Waals surface area (Å²) in [4.78, 5) is 12.2. The molecule has 1 N–H and O–H groups in total. The van der Waals surface area contributed by atoms with Crippen molar-refractivity contribution in [3.8, 4) is 5.69 Å². The van der Waals surface area contributed by atoms with Crippen LogP contribution in [0.2, 0.25) is 0 Å². The van der Waals surface area contributed by atoms with Gasteiger partial charge in [0.15, 0.2) is 5.69 Å². The zero-order valence-corrected chi connectivity index (χ0v) is 13.9. The Kier molecular flexibility index (Phi) is 4.84. The summed E-state index contributed by atoms with van der Waals surface area (Å²) in [5.74, 6) is 0.942. The SMILES string of the molecule is CC.O=C(NC1=NN=C(C2CC2)C1)c1ccn(-c2ccccc2)n1. The monoisotopic (exact) mass is 323 g/mol. The van der Waals surface area contributed by atoms with Gasteiger partial charge >= 0.3 is 0 Å². The zero-order chi connectivity index (χ0) is 16.9. The van der Waals surface area contributed by atoms with Gasteiger partial charge in [0.05, 0.1) is 11.4 Å². The van der Waals surface area contributed by atoms with Crippen LogP contribution in [0.1, 0.15) is 43.6 Å². The number of para-hydroxylation sites is 1. The Morgan fingerprint density at radius 2 is 1.88 bits per heavy atom. The quantitative estimate of drug-likeness (QED) is 0.942. The van der Waals surface area contributed by atoms with Crippen LogP contribution in [0.3, 0.4) is 0 Å². The number of aromatic nitrogens is 2. The lowest BCUT2D eigenvalue weighted by molar-refractivity contribution is 0.0971. The highest BCUT2D eigenvalue weighted by Crippen LogP contribution is 2.33. The molecule has 4 rings (SSSR count). The fraction of sp³-hybridized carbons (Fsp3) is 0.333. The molecule has 0 atom stereocenters. The molecule has 1 amide bonds. The number of benzene rings is 1. The molecule has 1 saturated carbocycles. The van der Waals surface area contributed by atoms with E-state index in [4.69, 9.17) is 0 Å². The minimum absolute atomic E-state index is 0.249. The van der Waals surface area contributed by atoms with Crippen molar-refractivity contribution in [2.45, 2.75) is 33.1 Å². The average Bonchev–Trinajstić information content (AvgIpc) is 3.18. The molecule has 2 aliphatic rings. The molecule has 1 fully saturated rings. The van der Waals surface area contributed by atoms with Crippen molar-refractivity contribution < 1.29 is 4.79 Å². The number of hydrogen-bond donors (Lipinski definition) is 1. The van der Waals surface area contributed by atoms with Crippen molar-refractivity contribution in [3.05, 3.63) is 48.3 Å². The van der Waals surface area contributed by atoms with Gasteiger partial charge in [-0.1, -0.05) is 32.0 Å². The number of carbonyl (C=O) groups excluding carboxylic acids is 1. The van der Waals surface area contributed by atoms with Crippen LogP contribution in [0.5, 0.6) is 0 Å². The molecule has 24 heavy (non-hydrogen) atoms. The first-order valence-electron chi connectivity index (χ1n) is 8.35. The van der Waals surface area contributed by atoms with Gasteiger partial charge in [-0.2, -0.15) is 10.2 Å². The number of amides is 1. The molecule has 2 aromatic rings. The Hall–Kier alpha value is -2.76. The van der Waals surface area contributed by atoms with E-state index in [9.17, 15) is 4.79 Å². The molecule has 6 nitrogen and oxygen atoms in total. The lowest BCUT2D eigenvalue weighted by Crippen LogP contribution is -2.31. The molecule has 124 valence electrons.